The van der Waals surface area contributed by atoms with Crippen molar-refractivity contribution in [2.75, 3.05) is 18.5 Å². The lowest BCUT2D eigenvalue weighted by Crippen LogP contribution is -2.23. The Labute approximate surface area is 160 Å². The Morgan fingerprint density at radius 2 is 1.96 bits per heavy atom. The van der Waals surface area contributed by atoms with Gasteiger partial charge >= 0.3 is 0 Å². The molecule has 4 rings (SSSR count). The molecule has 3 heterocycles. The van der Waals surface area contributed by atoms with Crippen molar-refractivity contribution >= 4 is 11.6 Å². The zero-order valence-electron chi connectivity index (χ0n) is 15.1. The minimum absolute atomic E-state index is 0.146. The first-order valence-corrected chi connectivity index (χ1v) is 9.00. The molecule has 28 heavy (non-hydrogen) atoms. The van der Waals surface area contributed by atoms with E-state index in [9.17, 15) is 9.59 Å². The van der Waals surface area contributed by atoms with Crippen LogP contribution in [0.15, 0.2) is 57.9 Å². The summed E-state index contributed by atoms with van der Waals surface area (Å²) in [5.41, 5.74) is 0.997. The van der Waals surface area contributed by atoms with Crippen molar-refractivity contribution < 1.29 is 18.7 Å². The van der Waals surface area contributed by atoms with E-state index in [2.05, 4.69) is 10.4 Å². The van der Waals surface area contributed by atoms with Crippen molar-refractivity contribution in [2.45, 2.75) is 19.4 Å². The van der Waals surface area contributed by atoms with Gasteiger partial charge in [0.25, 0.3) is 5.56 Å². The Morgan fingerprint density at radius 1 is 1.11 bits per heavy atom. The van der Waals surface area contributed by atoms with Crippen LogP contribution in [-0.2, 0) is 11.3 Å². The molecule has 0 saturated heterocycles. The molecular formula is C20H19N3O5. The van der Waals surface area contributed by atoms with Gasteiger partial charge in [-0.2, -0.15) is 5.10 Å². The molecule has 3 aromatic rings. The number of nitrogens with one attached hydrogen (secondary N) is 1. The lowest BCUT2D eigenvalue weighted by atomic mass is 10.2. The van der Waals surface area contributed by atoms with Gasteiger partial charge < -0.3 is 19.2 Å². The van der Waals surface area contributed by atoms with Crippen molar-refractivity contribution in [2.24, 2.45) is 0 Å². The van der Waals surface area contributed by atoms with Gasteiger partial charge in [0.05, 0.1) is 6.26 Å². The van der Waals surface area contributed by atoms with Crippen LogP contribution in [0.3, 0.4) is 0 Å². The second kappa shape index (κ2) is 7.99. The maximum absolute atomic E-state index is 12.2. The highest BCUT2D eigenvalue weighted by Gasteiger charge is 2.13. The van der Waals surface area contributed by atoms with E-state index in [1.807, 2.05) is 0 Å². The third-order valence-electron chi connectivity index (χ3n) is 4.24. The van der Waals surface area contributed by atoms with E-state index in [-0.39, 0.29) is 17.9 Å². The van der Waals surface area contributed by atoms with Crippen molar-refractivity contribution in [1.82, 2.24) is 9.78 Å². The molecule has 0 spiro atoms. The highest BCUT2D eigenvalue weighted by Crippen LogP contribution is 2.32. The quantitative estimate of drug-likeness (QED) is 0.705. The zero-order chi connectivity index (χ0) is 19.3. The highest BCUT2D eigenvalue weighted by atomic mass is 16.6. The van der Waals surface area contributed by atoms with Crippen LogP contribution in [0, 0.1) is 0 Å². The monoisotopic (exact) mass is 381 g/mol. The van der Waals surface area contributed by atoms with Crippen molar-refractivity contribution in [3.8, 4) is 23.0 Å². The van der Waals surface area contributed by atoms with Crippen LogP contribution in [-0.4, -0.2) is 28.9 Å². The Bertz CT molecular complexity index is 1030. The Kier molecular flexibility index (Phi) is 5.09. The molecule has 2 aromatic heterocycles. The molecular weight excluding hydrogens is 362 g/mol. The van der Waals surface area contributed by atoms with E-state index in [0.717, 1.165) is 0 Å². The highest BCUT2D eigenvalue weighted by molar-refractivity contribution is 5.91. The predicted molar refractivity (Wildman–Crippen MR) is 101 cm³/mol. The second-order valence-electron chi connectivity index (χ2n) is 6.27. The van der Waals surface area contributed by atoms with Crippen molar-refractivity contribution in [1.29, 1.82) is 0 Å². The number of ether oxygens (including phenoxy) is 2. The lowest BCUT2D eigenvalue weighted by molar-refractivity contribution is -0.116. The fourth-order valence-corrected chi connectivity index (χ4v) is 2.90. The number of hydrogen-bond donors (Lipinski definition) is 1. The number of rotatable bonds is 6. The summed E-state index contributed by atoms with van der Waals surface area (Å²) in [5, 5.41) is 7.12. The molecule has 0 fully saturated rings. The van der Waals surface area contributed by atoms with E-state index in [1.54, 1.807) is 42.7 Å². The molecule has 0 radical (unpaired) electrons. The summed E-state index contributed by atoms with van der Waals surface area (Å²) in [5.74, 6) is 1.73. The summed E-state index contributed by atoms with van der Waals surface area (Å²) in [4.78, 5) is 24.2. The average molecular weight is 381 g/mol. The van der Waals surface area contributed by atoms with E-state index in [4.69, 9.17) is 13.9 Å². The minimum atomic E-state index is -0.220. The number of carbonyl (C=O) groups is 1. The van der Waals surface area contributed by atoms with Crippen LogP contribution in [0.1, 0.15) is 12.8 Å². The number of hydrogen-bond acceptors (Lipinski definition) is 6. The zero-order valence-corrected chi connectivity index (χ0v) is 15.1. The molecule has 1 aromatic carbocycles. The van der Waals surface area contributed by atoms with Gasteiger partial charge in [0, 0.05) is 30.8 Å². The second-order valence-corrected chi connectivity index (χ2v) is 6.27. The van der Waals surface area contributed by atoms with Gasteiger partial charge in [0.2, 0.25) is 5.91 Å². The van der Waals surface area contributed by atoms with Gasteiger partial charge in [-0.3, -0.25) is 9.59 Å². The molecule has 1 aliphatic heterocycles. The van der Waals surface area contributed by atoms with Crippen molar-refractivity contribution in [3.63, 3.8) is 0 Å². The Hall–Kier alpha value is -3.55. The fraction of sp³-hybridized carbons (Fsp3) is 0.250. The van der Waals surface area contributed by atoms with Crippen LogP contribution in [0.25, 0.3) is 11.5 Å². The first-order valence-electron chi connectivity index (χ1n) is 9.00. The number of benzene rings is 1. The van der Waals surface area contributed by atoms with Gasteiger partial charge in [-0.25, -0.2) is 4.68 Å². The van der Waals surface area contributed by atoms with E-state index < -0.39 is 0 Å². The summed E-state index contributed by atoms with van der Waals surface area (Å²) in [6, 6.07) is 11.9. The van der Waals surface area contributed by atoms with Crippen LogP contribution < -0.4 is 20.3 Å². The first-order chi connectivity index (χ1) is 13.7. The van der Waals surface area contributed by atoms with Crippen LogP contribution in [0.4, 0.5) is 5.69 Å². The maximum Gasteiger partial charge on any atom is 0.266 e. The third-order valence-corrected chi connectivity index (χ3v) is 4.24. The Balaban J connectivity index is 1.33. The normalized spacial score (nSPS) is 12.6. The summed E-state index contributed by atoms with van der Waals surface area (Å²) < 4.78 is 17.6. The van der Waals surface area contributed by atoms with Crippen LogP contribution in [0.5, 0.6) is 11.5 Å². The summed E-state index contributed by atoms with van der Waals surface area (Å²) >= 11 is 0. The number of aromatic nitrogens is 2. The number of nitrogens with zero attached hydrogens (tertiary/aromatic N) is 2. The average Bonchev–Trinajstić information content (AvgIpc) is 3.24. The maximum atomic E-state index is 12.2. The molecule has 144 valence electrons. The topological polar surface area (TPSA) is 95.6 Å². The number of aryl methyl sites for hydroxylation is 1. The van der Waals surface area contributed by atoms with Gasteiger partial charge in [-0.15, -0.1) is 0 Å². The fourth-order valence-electron chi connectivity index (χ4n) is 2.90. The van der Waals surface area contributed by atoms with Gasteiger partial charge in [0.15, 0.2) is 17.3 Å². The standard InChI is InChI=1S/C20H19N3O5/c24-19(21-14-5-7-17-18(13-14)28-12-11-27-17)4-1-9-23-20(25)8-6-15(22-23)16-3-2-10-26-16/h2-3,5-8,10,13H,1,4,9,11-12H2,(H,21,24). The molecule has 0 aliphatic carbocycles. The summed E-state index contributed by atoms with van der Waals surface area (Å²) in [6.07, 6.45) is 2.28. The molecule has 0 saturated carbocycles. The summed E-state index contributed by atoms with van der Waals surface area (Å²) in [6.45, 7) is 1.35. The van der Waals surface area contributed by atoms with E-state index >= 15 is 0 Å². The molecule has 1 N–H and O–H groups in total. The number of furan rings is 1. The van der Waals surface area contributed by atoms with Crippen molar-refractivity contribution in [3.05, 3.63) is 59.1 Å². The number of fused-ring (bicyclic) bond motifs is 1. The SMILES string of the molecule is O=C(CCCn1nc(-c2ccco2)ccc1=O)Nc1ccc2c(c1)OCCO2. The summed E-state index contributed by atoms with van der Waals surface area (Å²) in [7, 11) is 0. The molecule has 0 unspecified atom stereocenters. The lowest BCUT2D eigenvalue weighted by Gasteiger charge is -2.19. The molecule has 0 atom stereocenters. The van der Waals surface area contributed by atoms with Crippen LogP contribution >= 0.6 is 0 Å². The van der Waals surface area contributed by atoms with Gasteiger partial charge in [0.1, 0.15) is 18.9 Å². The number of anilines is 1. The van der Waals surface area contributed by atoms with Crippen LogP contribution in [0.2, 0.25) is 0 Å². The molecule has 1 amide bonds. The minimum Gasteiger partial charge on any atom is -0.486 e. The molecule has 1 aliphatic rings. The van der Waals surface area contributed by atoms with Gasteiger partial charge in [-0.05, 0) is 36.8 Å². The van der Waals surface area contributed by atoms with Gasteiger partial charge in [-0.1, -0.05) is 0 Å². The predicted octanol–water partition coefficient (Wildman–Crippen LogP) is 2.69. The molecule has 8 nitrogen and oxygen atoms in total. The largest absolute Gasteiger partial charge is 0.486 e. The number of carbonyl (C=O) groups excluding carboxylic acids is 1. The molecule has 0 bridgehead atoms. The molecule has 8 heteroatoms. The number of amides is 1. The Morgan fingerprint density at radius 3 is 2.79 bits per heavy atom. The smallest absolute Gasteiger partial charge is 0.266 e. The third kappa shape index (κ3) is 4.06. The van der Waals surface area contributed by atoms with E-state index in [1.165, 1.54) is 10.7 Å². The van der Waals surface area contributed by atoms with E-state index in [0.29, 0.717) is 54.8 Å². The first kappa shape index (κ1) is 17.8.